The fourth-order valence-electron chi connectivity index (χ4n) is 2.00. The van der Waals surface area contributed by atoms with Gasteiger partial charge in [0, 0.05) is 29.7 Å². The van der Waals surface area contributed by atoms with Gasteiger partial charge in [-0.15, -0.1) is 0 Å². The van der Waals surface area contributed by atoms with Gasteiger partial charge in [0.2, 0.25) is 5.91 Å². The summed E-state index contributed by atoms with van der Waals surface area (Å²) in [6.45, 7) is 3.85. The van der Waals surface area contributed by atoms with Crippen molar-refractivity contribution in [2.45, 2.75) is 13.8 Å². The van der Waals surface area contributed by atoms with Crippen LogP contribution < -0.4 is 11.1 Å². The monoisotopic (exact) mass is 271 g/mol. The van der Waals surface area contributed by atoms with E-state index in [-0.39, 0.29) is 5.91 Å². The largest absolute Gasteiger partial charge is 0.366 e. The number of hydrogen-bond donors (Lipinski definition) is 2. The van der Waals surface area contributed by atoms with Crippen molar-refractivity contribution in [3.05, 3.63) is 52.8 Å². The predicted octanol–water partition coefficient (Wildman–Crippen LogP) is 1.99. The van der Waals surface area contributed by atoms with Crippen molar-refractivity contribution in [2.75, 3.05) is 5.32 Å². The van der Waals surface area contributed by atoms with E-state index in [0.29, 0.717) is 16.8 Å². The van der Waals surface area contributed by atoms with Crippen LogP contribution in [0.15, 0.2) is 30.3 Å². The number of nitrogens with one attached hydrogen (secondary N) is 1. The van der Waals surface area contributed by atoms with E-state index in [1.165, 1.54) is 0 Å². The number of rotatable bonds is 3. The molecule has 0 atom stereocenters. The molecule has 0 spiro atoms. The first-order valence-electron chi connectivity index (χ1n) is 6.24. The summed E-state index contributed by atoms with van der Waals surface area (Å²) in [6, 6.07) is 8.33. The van der Waals surface area contributed by atoms with Crippen LogP contribution in [0.3, 0.4) is 0 Å². The molecule has 1 aromatic heterocycles. The first-order valence-corrected chi connectivity index (χ1v) is 6.24. The van der Waals surface area contributed by atoms with E-state index < -0.39 is 5.91 Å². The smallest absolute Gasteiger partial charge is 0.257 e. The van der Waals surface area contributed by atoms with Gasteiger partial charge in [0.1, 0.15) is 0 Å². The maximum absolute atomic E-state index is 12.2. The van der Waals surface area contributed by atoms with Gasteiger partial charge in [-0.25, -0.2) is 0 Å². The fourth-order valence-corrected chi connectivity index (χ4v) is 2.00. The molecule has 5 nitrogen and oxygen atoms in total. The number of anilines is 1. The minimum atomic E-state index is -0.489. The maximum Gasteiger partial charge on any atom is 0.257 e. The van der Waals surface area contributed by atoms with E-state index in [0.717, 1.165) is 11.4 Å². The molecule has 0 aliphatic rings. The average Bonchev–Trinajstić information content (AvgIpc) is 2.67. The molecule has 0 fully saturated rings. The third kappa shape index (κ3) is 2.56. The van der Waals surface area contributed by atoms with Crippen molar-refractivity contribution >= 4 is 17.5 Å². The highest BCUT2D eigenvalue weighted by molar-refractivity contribution is 6.05. The first kappa shape index (κ1) is 13.9. The van der Waals surface area contributed by atoms with Gasteiger partial charge in [-0.05, 0) is 44.2 Å². The van der Waals surface area contributed by atoms with Crippen LogP contribution in [0.2, 0.25) is 0 Å². The lowest BCUT2D eigenvalue weighted by Crippen LogP contribution is -2.14. The second kappa shape index (κ2) is 5.21. The Bertz CT molecular complexity index is 669. The van der Waals surface area contributed by atoms with Gasteiger partial charge in [0.05, 0.1) is 5.56 Å². The minimum Gasteiger partial charge on any atom is -0.366 e. The molecule has 0 saturated carbocycles. The summed E-state index contributed by atoms with van der Waals surface area (Å²) in [5, 5.41) is 2.80. The zero-order valence-corrected chi connectivity index (χ0v) is 11.7. The molecule has 3 N–H and O–H groups in total. The standard InChI is InChI=1S/C15H17N3O2/c1-9-8-13(10(2)18(9)3)15(20)17-12-6-4-11(5-7-12)14(16)19/h4-8H,1-3H3,(H2,16,19)(H,17,20). The normalized spacial score (nSPS) is 10.3. The van der Waals surface area contributed by atoms with E-state index in [2.05, 4.69) is 5.32 Å². The predicted molar refractivity (Wildman–Crippen MR) is 77.8 cm³/mol. The number of carbonyl (C=O) groups is 2. The van der Waals surface area contributed by atoms with E-state index in [4.69, 9.17) is 5.73 Å². The van der Waals surface area contributed by atoms with Crippen LogP contribution in [0.4, 0.5) is 5.69 Å². The van der Waals surface area contributed by atoms with Gasteiger partial charge in [-0.1, -0.05) is 0 Å². The molecule has 0 saturated heterocycles. The van der Waals surface area contributed by atoms with Gasteiger partial charge in [-0.2, -0.15) is 0 Å². The Kier molecular flexibility index (Phi) is 3.61. The third-order valence-corrected chi connectivity index (χ3v) is 3.45. The second-order valence-corrected chi connectivity index (χ2v) is 4.74. The zero-order valence-electron chi connectivity index (χ0n) is 11.7. The van der Waals surface area contributed by atoms with Crippen LogP contribution in [0.25, 0.3) is 0 Å². The Morgan fingerprint density at radius 2 is 1.75 bits per heavy atom. The number of aryl methyl sites for hydroxylation is 1. The summed E-state index contributed by atoms with van der Waals surface area (Å²) in [7, 11) is 1.92. The highest BCUT2D eigenvalue weighted by Gasteiger charge is 2.14. The second-order valence-electron chi connectivity index (χ2n) is 4.74. The zero-order chi connectivity index (χ0) is 14.9. The summed E-state index contributed by atoms with van der Waals surface area (Å²) in [5.41, 5.74) is 8.78. The fraction of sp³-hybridized carbons (Fsp3) is 0.200. The molecular formula is C15H17N3O2. The van der Waals surface area contributed by atoms with Crippen LogP contribution in [0, 0.1) is 13.8 Å². The maximum atomic E-state index is 12.2. The van der Waals surface area contributed by atoms with Crippen LogP contribution in [-0.4, -0.2) is 16.4 Å². The van der Waals surface area contributed by atoms with Crippen molar-refractivity contribution in [2.24, 2.45) is 12.8 Å². The highest BCUT2D eigenvalue weighted by atomic mass is 16.2. The quantitative estimate of drug-likeness (QED) is 0.895. The Morgan fingerprint density at radius 1 is 1.15 bits per heavy atom. The number of primary amides is 1. The molecule has 0 aliphatic heterocycles. The molecule has 0 unspecified atom stereocenters. The van der Waals surface area contributed by atoms with E-state index in [9.17, 15) is 9.59 Å². The van der Waals surface area contributed by atoms with Gasteiger partial charge in [0.25, 0.3) is 5.91 Å². The molecule has 2 aromatic rings. The third-order valence-electron chi connectivity index (χ3n) is 3.45. The SMILES string of the molecule is Cc1cc(C(=O)Nc2ccc(C(N)=O)cc2)c(C)n1C. The molecule has 2 rings (SSSR count). The number of aromatic nitrogens is 1. The number of benzene rings is 1. The lowest BCUT2D eigenvalue weighted by molar-refractivity contribution is 0.0998. The van der Waals surface area contributed by atoms with Crippen molar-refractivity contribution in [3.63, 3.8) is 0 Å². The summed E-state index contributed by atoms with van der Waals surface area (Å²) < 4.78 is 1.96. The first-order chi connectivity index (χ1) is 9.40. The van der Waals surface area contributed by atoms with Crippen LogP contribution >= 0.6 is 0 Å². The van der Waals surface area contributed by atoms with Gasteiger partial charge < -0.3 is 15.6 Å². The highest BCUT2D eigenvalue weighted by Crippen LogP contribution is 2.16. The van der Waals surface area contributed by atoms with Gasteiger partial charge >= 0.3 is 0 Å². The summed E-state index contributed by atoms with van der Waals surface area (Å²) in [4.78, 5) is 23.2. The number of hydrogen-bond acceptors (Lipinski definition) is 2. The molecule has 20 heavy (non-hydrogen) atoms. The van der Waals surface area contributed by atoms with E-state index in [1.807, 2.05) is 31.5 Å². The molecule has 2 amide bonds. The Labute approximate surface area is 117 Å². The summed E-state index contributed by atoms with van der Waals surface area (Å²) in [5.74, 6) is -0.657. The topological polar surface area (TPSA) is 77.1 Å². The number of carbonyl (C=O) groups excluding carboxylic acids is 2. The lowest BCUT2D eigenvalue weighted by Gasteiger charge is -2.06. The van der Waals surface area contributed by atoms with Gasteiger partial charge in [-0.3, -0.25) is 9.59 Å². The molecule has 1 heterocycles. The van der Waals surface area contributed by atoms with E-state index >= 15 is 0 Å². The molecule has 0 aliphatic carbocycles. The Morgan fingerprint density at radius 3 is 2.20 bits per heavy atom. The Balaban J connectivity index is 2.19. The Hall–Kier alpha value is -2.56. The molecule has 5 heteroatoms. The van der Waals surface area contributed by atoms with Crippen LogP contribution in [0.5, 0.6) is 0 Å². The van der Waals surface area contributed by atoms with E-state index in [1.54, 1.807) is 24.3 Å². The van der Waals surface area contributed by atoms with Crippen molar-refractivity contribution in [1.29, 1.82) is 0 Å². The van der Waals surface area contributed by atoms with Crippen molar-refractivity contribution in [1.82, 2.24) is 4.57 Å². The van der Waals surface area contributed by atoms with Crippen molar-refractivity contribution in [3.8, 4) is 0 Å². The number of nitrogens with two attached hydrogens (primary N) is 1. The van der Waals surface area contributed by atoms with Gasteiger partial charge in [0.15, 0.2) is 0 Å². The average molecular weight is 271 g/mol. The molecule has 1 aromatic carbocycles. The number of amides is 2. The van der Waals surface area contributed by atoms with Crippen LogP contribution in [-0.2, 0) is 7.05 Å². The molecule has 104 valence electrons. The molecular weight excluding hydrogens is 254 g/mol. The molecule has 0 bridgehead atoms. The lowest BCUT2D eigenvalue weighted by atomic mass is 10.2. The van der Waals surface area contributed by atoms with Crippen molar-refractivity contribution < 1.29 is 9.59 Å². The van der Waals surface area contributed by atoms with Crippen LogP contribution in [0.1, 0.15) is 32.1 Å². The summed E-state index contributed by atoms with van der Waals surface area (Å²) >= 11 is 0. The molecule has 0 radical (unpaired) electrons. The minimum absolute atomic E-state index is 0.168. The number of nitrogens with zero attached hydrogens (tertiary/aromatic N) is 1. The summed E-state index contributed by atoms with van der Waals surface area (Å²) in [6.07, 6.45) is 0.